The van der Waals surface area contributed by atoms with Crippen molar-refractivity contribution < 1.29 is 9.59 Å². The van der Waals surface area contributed by atoms with E-state index >= 15 is 0 Å². The fourth-order valence-corrected chi connectivity index (χ4v) is 2.43. The first-order valence-electron chi connectivity index (χ1n) is 7.28. The van der Waals surface area contributed by atoms with E-state index in [0.717, 1.165) is 16.8 Å². The topological polar surface area (TPSA) is 49.4 Å². The summed E-state index contributed by atoms with van der Waals surface area (Å²) in [6.07, 6.45) is 0. The van der Waals surface area contributed by atoms with Crippen LogP contribution in [0.15, 0.2) is 42.5 Å². The molecule has 4 nitrogen and oxygen atoms in total. The Balaban J connectivity index is 2.14. The van der Waals surface area contributed by atoms with E-state index in [9.17, 15) is 9.59 Å². The monoisotopic (exact) mass is 330 g/mol. The van der Waals surface area contributed by atoms with Crippen LogP contribution in [0.4, 0.5) is 11.4 Å². The van der Waals surface area contributed by atoms with E-state index in [0.29, 0.717) is 10.7 Å². The molecule has 0 heterocycles. The van der Waals surface area contributed by atoms with Gasteiger partial charge in [0.2, 0.25) is 11.8 Å². The fourth-order valence-electron chi connectivity index (χ4n) is 2.25. The predicted molar refractivity (Wildman–Crippen MR) is 94.0 cm³/mol. The van der Waals surface area contributed by atoms with Gasteiger partial charge in [-0.1, -0.05) is 35.9 Å². The van der Waals surface area contributed by atoms with Crippen molar-refractivity contribution in [3.63, 3.8) is 0 Å². The molecule has 5 heteroatoms. The zero-order valence-corrected chi connectivity index (χ0v) is 14.1. The fraction of sp³-hybridized carbons (Fsp3) is 0.222. The first kappa shape index (κ1) is 17.0. The van der Waals surface area contributed by atoms with E-state index in [1.807, 2.05) is 44.2 Å². The number of aryl methyl sites for hydroxylation is 2. The van der Waals surface area contributed by atoms with Crippen LogP contribution < -0.4 is 10.2 Å². The van der Waals surface area contributed by atoms with Crippen molar-refractivity contribution in [2.45, 2.75) is 20.8 Å². The summed E-state index contributed by atoms with van der Waals surface area (Å²) >= 11 is 6.05. The number of hydrogen-bond donors (Lipinski definition) is 1. The number of amides is 2. The molecule has 0 saturated heterocycles. The van der Waals surface area contributed by atoms with Gasteiger partial charge in [0.05, 0.1) is 0 Å². The smallest absolute Gasteiger partial charge is 0.244 e. The number of rotatable bonds is 4. The van der Waals surface area contributed by atoms with Crippen LogP contribution >= 0.6 is 11.6 Å². The molecule has 0 aliphatic heterocycles. The lowest BCUT2D eigenvalue weighted by Gasteiger charge is -2.22. The number of para-hydroxylation sites is 1. The molecule has 23 heavy (non-hydrogen) atoms. The Kier molecular flexibility index (Phi) is 5.40. The molecule has 0 aliphatic carbocycles. The van der Waals surface area contributed by atoms with Crippen LogP contribution in [0.5, 0.6) is 0 Å². The molecular formula is C18H19ClN2O2. The van der Waals surface area contributed by atoms with Crippen LogP contribution in [0, 0.1) is 13.8 Å². The molecule has 0 unspecified atom stereocenters. The van der Waals surface area contributed by atoms with Gasteiger partial charge in [0, 0.05) is 23.3 Å². The molecule has 0 saturated carbocycles. The summed E-state index contributed by atoms with van der Waals surface area (Å²) in [6, 6.07) is 12.8. The number of nitrogens with zero attached hydrogens (tertiary/aromatic N) is 1. The first-order chi connectivity index (χ1) is 10.9. The summed E-state index contributed by atoms with van der Waals surface area (Å²) in [5.41, 5.74) is 3.22. The van der Waals surface area contributed by atoms with E-state index in [2.05, 4.69) is 5.32 Å². The maximum atomic E-state index is 12.3. The first-order valence-corrected chi connectivity index (χ1v) is 7.66. The van der Waals surface area contributed by atoms with Crippen LogP contribution in [-0.2, 0) is 9.59 Å². The van der Waals surface area contributed by atoms with E-state index in [-0.39, 0.29) is 18.4 Å². The van der Waals surface area contributed by atoms with Crippen molar-refractivity contribution >= 4 is 34.8 Å². The Labute approximate surface area is 141 Å². The summed E-state index contributed by atoms with van der Waals surface area (Å²) < 4.78 is 0. The van der Waals surface area contributed by atoms with Gasteiger partial charge in [-0.2, -0.15) is 0 Å². The number of halogens is 1. The van der Waals surface area contributed by atoms with Crippen molar-refractivity contribution in [2.75, 3.05) is 16.8 Å². The molecule has 0 aromatic heterocycles. The van der Waals surface area contributed by atoms with Gasteiger partial charge in [0.1, 0.15) is 6.54 Å². The van der Waals surface area contributed by atoms with Gasteiger partial charge in [0.15, 0.2) is 0 Å². The summed E-state index contributed by atoms with van der Waals surface area (Å²) in [6.45, 7) is 5.20. The van der Waals surface area contributed by atoms with E-state index in [4.69, 9.17) is 11.6 Å². The molecular weight excluding hydrogens is 312 g/mol. The third-order valence-corrected chi connectivity index (χ3v) is 3.95. The van der Waals surface area contributed by atoms with Crippen molar-refractivity contribution in [2.24, 2.45) is 0 Å². The average molecular weight is 331 g/mol. The van der Waals surface area contributed by atoms with Crippen LogP contribution in [0.3, 0.4) is 0 Å². The second kappa shape index (κ2) is 7.29. The number of anilines is 2. The van der Waals surface area contributed by atoms with Crippen LogP contribution in [0.2, 0.25) is 5.02 Å². The summed E-state index contributed by atoms with van der Waals surface area (Å²) in [5, 5.41) is 3.36. The minimum Gasteiger partial charge on any atom is -0.324 e. The zero-order valence-electron chi connectivity index (χ0n) is 13.4. The lowest BCUT2D eigenvalue weighted by molar-refractivity contribution is -0.120. The van der Waals surface area contributed by atoms with Crippen molar-refractivity contribution in [1.29, 1.82) is 0 Å². The van der Waals surface area contributed by atoms with Crippen LogP contribution in [-0.4, -0.2) is 18.4 Å². The molecule has 0 fully saturated rings. The van der Waals surface area contributed by atoms with Crippen molar-refractivity contribution in [3.05, 3.63) is 58.6 Å². The van der Waals surface area contributed by atoms with E-state index < -0.39 is 0 Å². The molecule has 0 spiro atoms. The van der Waals surface area contributed by atoms with E-state index in [1.165, 1.54) is 11.8 Å². The molecule has 0 atom stereocenters. The van der Waals surface area contributed by atoms with E-state index in [1.54, 1.807) is 12.1 Å². The van der Waals surface area contributed by atoms with Gasteiger partial charge in [-0.3, -0.25) is 9.59 Å². The third kappa shape index (κ3) is 4.33. The number of carbonyl (C=O) groups excluding carboxylic acids is 2. The lowest BCUT2D eigenvalue weighted by atomic mass is 10.1. The number of benzene rings is 2. The van der Waals surface area contributed by atoms with Crippen molar-refractivity contribution in [3.8, 4) is 0 Å². The molecule has 120 valence electrons. The van der Waals surface area contributed by atoms with Gasteiger partial charge >= 0.3 is 0 Å². The van der Waals surface area contributed by atoms with Gasteiger partial charge in [-0.05, 0) is 43.2 Å². The maximum absolute atomic E-state index is 12.3. The largest absolute Gasteiger partial charge is 0.324 e. The highest BCUT2D eigenvalue weighted by Gasteiger charge is 2.17. The second-order valence-electron chi connectivity index (χ2n) is 5.40. The molecule has 1 N–H and O–H groups in total. The Morgan fingerprint density at radius 3 is 2.39 bits per heavy atom. The maximum Gasteiger partial charge on any atom is 0.244 e. The highest BCUT2D eigenvalue weighted by molar-refractivity contribution is 6.31. The zero-order chi connectivity index (χ0) is 17.0. The van der Waals surface area contributed by atoms with Crippen LogP contribution in [0.1, 0.15) is 18.1 Å². The minimum absolute atomic E-state index is 0.0499. The van der Waals surface area contributed by atoms with Gasteiger partial charge in [-0.15, -0.1) is 0 Å². The standard InChI is InChI=1S/C18H19ClN2O2/c1-12-8-9-15(10-16(12)19)20-18(23)11-21(14(3)22)17-7-5-4-6-13(17)2/h4-10H,11H2,1-3H3,(H,20,23). The van der Waals surface area contributed by atoms with Gasteiger partial charge in [0.25, 0.3) is 0 Å². The molecule has 0 aliphatic rings. The second-order valence-corrected chi connectivity index (χ2v) is 5.81. The number of hydrogen-bond acceptors (Lipinski definition) is 2. The highest BCUT2D eigenvalue weighted by Crippen LogP contribution is 2.21. The highest BCUT2D eigenvalue weighted by atomic mass is 35.5. The molecule has 2 amide bonds. The average Bonchev–Trinajstić information content (AvgIpc) is 2.49. The molecule has 0 bridgehead atoms. The third-order valence-electron chi connectivity index (χ3n) is 3.54. The molecule has 0 radical (unpaired) electrons. The van der Waals surface area contributed by atoms with Crippen molar-refractivity contribution in [1.82, 2.24) is 0 Å². The van der Waals surface area contributed by atoms with Crippen LogP contribution in [0.25, 0.3) is 0 Å². The Bertz CT molecular complexity index is 744. The molecule has 2 rings (SSSR count). The lowest BCUT2D eigenvalue weighted by Crippen LogP contribution is -2.37. The Morgan fingerprint density at radius 2 is 1.78 bits per heavy atom. The summed E-state index contributed by atoms with van der Waals surface area (Å²) in [4.78, 5) is 25.6. The minimum atomic E-state index is -0.275. The number of nitrogens with one attached hydrogen (secondary N) is 1. The Morgan fingerprint density at radius 1 is 1.09 bits per heavy atom. The summed E-state index contributed by atoms with van der Waals surface area (Å²) in [5.74, 6) is -0.459. The predicted octanol–water partition coefficient (Wildman–Crippen LogP) is 3.95. The SMILES string of the molecule is CC(=O)N(CC(=O)Nc1ccc(C)c(Cl)c1)c1ccccc1C. The number of carbonyl (C=O) groups is 2. The van der Waals surface area contributed by atoms with Gasteiger partial charge < -0.3 is 10.2 Å². The quantitative estimate of drug-likeness (QED) is 0.922. The molecule has 2 aromatic rings. The molecule has 2 aromatic carbocycles. The normalized spacial score (nSPS) is 10.3. The Hall–Kier alpha value is -2.33. The van der Waals surface area contributed by atoms with Gasteiger partial charge in [-0.25, -0.2) is 0 Å². The summed E-state index contributed by atoms with van der Waals surface area (Å²) in [7, 11) is 0.